The molecule has 2 aromatic carbocycles. The molecular formula is C29H43NO4S. The standard InChI is InChI=1S/C29H43NO4S/c1-10-29(11-2,24-14-13-23(20(4)17-24)19-30-35(32,33)12-3)25-15-16-26(21(5)18-25)34-22(6)27(31)28(7,8)9/h13-18,22,30H,10-12,19H2,1-9H3. The third-order valence-electron chi connectivity index (χ3n) is 7.10. The van der Waals surface area contributed by atoms with Crippen molar-refractivity contribution >= 4 is 15.8 Å². The lowest BCUT2D eigenvalue weighted by Crippen LogP contribution is -2.34. The summed E-state index contributed by atoms with van der Waals surface area (Å²) in [5.41, 5.74) is 4.84. The molecule has 0 fully saturated rings. The monoisotopic (exact) mass is 501 g/mol. The SMILES string of the molecule is CCC(CC)(c1ccc(CNS(=O)(=O)CC)c(C)c1)c1ccc(OC(C)C(=O)C(C)(C)C)c(C)c1. The summed E-state index contributed by atoms with van der Waals surface area (Å²) in [6.45, 7) is 17.9. The van der Waals surface area contributed by atoms with Gasteiger partial charge in [0.2, 0.25) is 10.0 Å². The van der Waals surface area contributed by atoms with Gasteiger partial charge in [0.15, 0.2) is 11.9 Å². The quantitative estimate of drug-likeness (QED) is 0.396. The van der Waals surface area contributed by atoms with Gasteiger partial charge in [-0.15, -0.1) is 0 Å². The van der Waals surface area contributed by atoms with Gasteiger partial charge in [-0.2, -0.15) is 0 Å². The van der Waals surface area contributed by atoms with Gasteiger partial charge in [0.1, 0.15) is 5.75 Å². The summed E-state index contributed by atoms with van der Waals surface area (Å²) in [6, 6.07) is 12.6. The van der Waals surface area contributed by atoms with Gasteiger partial charge < -0.3 is 4.74 Å². The zero-order valence-electron chi connectivity index (χ0n) is 22.9. The summed E-state index contributed by atoms with van der Waals surface area (Å²) in [5.74, 6) is 0.880. The Bertz CT molecular complexity index is 1140. The predicted molar refractivity (Wildman–Crippen MR) is 145 cm³/mol. The van der Waals surface area contributed by atoms with Gasteiger partial charge in [0, 0.05) is 17.4 Å². The van der Waals surface area contributed by atoms with Crippen molar-refractivity contribution in [3.05, 3.63) is 64.2 Å². The lowest BCUT2D eigenvalue weighted by atomic mass is 9.70. The Kier molecular flexibility index (Phi) is 9.34. The van der Waals surface area contributed by atoms with Crippen molar-refractivity contribution in [2.24, 2.45) is 5.41 Å². The van der Waals surface area contributed by atoms with Crippen LogP contribution in [0.4, 0.5) is 0 Å². The molecular weight excluding hydrogens is 458 g/mol. The molecule has 0 spiro atoms. The molecule has 1 unspecified atom stereocenters. The highest BCUT2D eigenvalue weighted by Gasteiger charge is 2.32. The lowest BCUT2D eigenvalue weighted by Gasteiger charge is -2.34. The molecule has 0 radical (unpaired) electrons. The molecule has 0 saturated carbocycles. The van der Waals surface area contributed by atoms with Crippen LogP contribution in [0.3, 0.4) is 0 Å². The molecule has 0 aliphatic rings. The Hall–Kier alpha value is -2.18. The molecule has 0 amide bonds. The van der Waals surface area contributed by atoms with Gasteiger partial charge in [0.05, 0.1) is 5.75 Å². The average molecular weight is 502 g/mol. The van der Waals surface area contributed by atoms with Gasteiger partial charge in [-0.05, 0) is 74.4 Å². The van der Waals surface area contributed by atoms with E-state index in [0.29, 0.717) is 6.54 Å². The van der Waals surface area contributed by atoms with E-state index in [1.807, 2.05) is 53.7 Å². The van der Waals surface area contributed by atoms with Gasteiger partial charge in [-0.25, -0.2) is 13.1 Å². The second kappa shape index (κ2) is 11.3. The Morgan fingerprint density at radius 3 is 1.94 bits per heavy atom. The molecule has 35 heavy (non-hydrogen) atoms. The van der Waals surface area contributed by atoms with E-state index in [1.54, 1.807) is 6.92 Å². The molecule has 6 heteroatoms. The molecule has 1 N–H and O–H groups in total. The van der Waals surface area contributed by atoms with Crippen molar-refractivity contribution < 1.29 is 17.9 Å². The summed E-state index contributed by atoms with van der Waals surface area (Å²) in [6.07, 6.45) is 1.33. The van der Waals surface area contributed by atoms with Crippen LogP contribution in [0.2, 0.25) is 0 Å². The number of ether oxygens (including phenoxy) is 1. The summed E-state index contributed by atoms with van der Waals surface area (Å²) in [5, 5.41) is 0. The first-order valence-corrected chi connectivity index (χ1v) is 14.2. The molecule has 194 valence electrons. The first kappa shape index (κ1) is 29.1. The second-order valence-corrected chi connectivity index (χ2v) is 12.6. The topological polar surface area (TPSA) is 72.5 Å². The molecule has 0 aromatic heterocycles. The lowest BCUT2D eigenvalue weighted by molar-refractivity contribution is -0.132. The summed E-state index contributed by atoms with van der Waals surface area (Å²) in [7, 11) is -3.24. The number of ketones is 1. The maximum absolute atomic E-state index is 12.6. The van der Waals surface area contributed by atoms with Crippen LogP contribution in [0.5, 0.6) is 5.75 Å². The Balaban J connectivity index is 2.38. The van der Waals surface area contributed by atoms with Crippen LogP contribution in [-0.2, 0) is 26.8 Å². The summed E-state index contributed by atoms with van der Waals surface area (Å²) >= 11 is 0. The fourth-order valence-corrected chi connectivity index (χ4v) is 5.23. The molecule has 2 aromatic rings. The van der Waals surface area contributed by atoms with E-state index >= 15 is 0 Å². The van der Waals surface area contributed by atoms with Gasteiger partial charge in [-0.3, -0.25) is 4.79 Å². The average Bonchev–Trinajstić information content (AvgIpc) is 2.80. The van der Waals surface area contributed by atoms with Crippen LogP contribution in [0.15, 0.2) is 36.4 Å². The number of hydrogen-bond acceptors (Lipinski definition) is 4. The predicted octanol–water partition coefficient (Wildman–Crippen LogP) is 6.23. The number of nitrogens with one attached hydrogen (secondary N) is 1. The van der Waals surface area contributed by atoms with Crippen LogP contribution < -0.4 is 9.46 Å². The van der Waals surface area contributed by atoms with Crippen molar-refractivity contribution in [2.45, 2.75) is 93.2 Å². The van der Waals surface area contributed by atoms with Gasteiger partial charge >= 0.3 is 0 Å². The van der Waals surface area contributed by atoms with Crippen LogP contribution in [0.1, 0.15) is 89.1 Å². The fourth-order valence-electron chi connectivity index (χ4n) is 4.65. The highest BCUT2D eigenvalue weighted by molar-refractivity contribution is 7.89. The van der Waals surface area contributed by atoms with E-state index < -0.39 is 21.5 Å². The Labute approximate surface area is 212 Å². The van der Waals surface area contributed by atoms with Crippen molar-refractivity contribution in [3.63, 3.8) is 0 Å². The second-order valence-electron chi connectivity index (χ2n) is 10.5. The number of benzene rings is 2. The molecule has 0 aliphatic carbocycles. The van der Waals surface area contributed by atoms with E-state index in [1.165, 1.54) is 11.1 Å². The number of carbonyl (C=O) groups excluding carboxylic acids is 1. The van der Waals surface area contributed by atoms with Gasteiger partial charge in [-0.1, -0.05) is 65.0 Å². The van der Waals surface area contributed by atoms with Crippen LogP contribution in [0.25, 0.3) is 0 Å². The highest BCUT2D eigenvalue weighted by atomic mass is 32.2. The molecule has 5 nitrogen and oxygen atoms in total. The third kappa shape index (κ3) is 6.73. The fraction of sp³-hybridized carbons (Fsp3) is 0.552. The number of aryl methyl sites for hydroxylation is 2. The van der Waals surface area contributed by atoms with E-state index in [-0.39, 0.29) is 17.0 Å². The number of hydrogen-bond donors (Lipinski definition) is 1. The minimum atomic E-state index is -3.24. The maximum Gasteiger partial charge on any atom is 0.211 e. The van der Waals surface area contributed by atoms with Crippen LogP contribution in [-0.4, -0.2) is 26.1 Å². The Morgan fingerprint density at radius 2 is 1.49 bits per heavy atom. The van der Waals surface area contributed by atoms with Gasteiger partial charge in [0.25, 0.3) is 0 Å². The maximum atomic E-state index is 12.6. The van der Waals surface area contributed by atoms with Crippen LogP contribution >= 0.6 is 0 Å². The zero-order chi connectivity index (χ0) is 26.6. The van der Waals surface area contributed by atoms with E-state index in [0.717, 1.165) is 35.3 Å². The molecule has 0 aliphatic heterocycles. The number of rotatable bonds is 11. The van der Waals surface area contributed by atoms with Crippen molar-refractivity contribution in [1.29, 1.82) is 0 Å². The van der Waals surface area contributed by atoms with E-state index in [2.05, 4.69) is 42.8 Å². The largest absolute Gasteiger partial charge is 0.483 e. The molecule has 0 heterocycles. The molecule has 0 bridgehead atoms. The number of sulfonamides is 1. The molecule has 1 atom stereocenters. The Morgan fingerprint density at radius 1 is 0.943 bits per heavy atom. The molecule has 2 rings (SSSR count). The van der Waals surface area contributed by atoms with E-state index in [4.69, 9.17) is 4.74 Å². The minimum absolute atomic E-state index is 0.0706. The normalized spacial score (nSPS) is 13.5. The van der Waals surface area contributed by atoms with Crippen LogP contribution in [0, 0.1) is 19.3 Å². The highest BCUT2D eigenvalue weighted by Crippen LogP contribution is 2.41. The number of carbonyl (C=O) groups is 1. The first-order valence-electron chi connectivity index (χ1n) is 12.6. The third-order valence-corrected chi connectivity index (χ3v) is 8.45. The zero-order valence-corrected chi connectivity index (χ0v) is 23.7. The van der Waals surface area contributed by atoms with E-state index in [9.17, 15) is 13.2 Å². The first-order chi connectivity index (χ1) is 16.2. The smallest absolute Gasteiger partial charge is 0.211 e. The summed E-state index contributed by atoms with van der Waals surface area (Å²) in [4.78, 5) is 12.6. The van der Waals surface area contributed by atoms with Crippen molar-refractivity contribution in [2.75, 3.05) is 5.75 Å². The van der Waals surface area contributed by atoms with Crippen molar-refractivity contribution in [3.8, 4) is 5.75 Å². The van der Waals surface area contributed by atoms with Crippen molar-refractivity contribution in [1.82, 2.24) is 4.72 Å². The molecule has 0 saturated heterocycles. The summed E-state index contributed by atoms with van der Waals surface area (Å²) < 4.78 is 32.5. The number of Topliss-reactive ketones (excluding diaryl/α,β-unsaturated/α-hetero) is 1. The minimum Gasteiger partial charge on any atom is -0.483 e.